The topological polar surface area (TPSA) is 68.2 Å². The van der Waals surface area contributed by atoms with E-state index in [0.717, 1.165) is 29.2 Å². The lowest BCUT2D eigenvalue weighted by atomic mass is 10.1. The largest absolute Gasteiger partial charge is 0.465 e. The lowest BCUT2D eigenvalue weighted by Crippen LogP contribution is -2.31. The maximum absolute atomic E-state index is 12.0. The lowest BCUT2D eigenvalue weighted by Gasteiger charge is -2.13. The van der Waals surface area contributed by atoms with Gasteiger partial charge in [0.15, 0.2) is 5.11 Å². The van der Waals surface area contributed by atoms with Crippen molar-refractivity contribution in [2.75, 3.05) is 19.0 Å². The fourth-order valence-electron chi connectivity index (χ4n) is 2.61. The van der Waals surface area contributed by atoms with Crippen LogP contribution in [0.2, 0.25) is 0 Å². The van der Waals surface area contributed by atoms with E-state index < -0.39 is 0 Å². The summed E-state index contributed by atoms with van der Waals surface area (Å²) in [5, 5.41) is 11.6. The Hall–Kier alpha value is -2.41. The van der Waals surface area contributed by atoms with Gasteiger partial charge in [-0.05, 0) is 43.6 Å². The number of carbonyl (C=O) groups excluding carboxylic acids is 1. The van der Waals surface area contributed by atoms with Gasteiger partial charge in [0.25, 0.3) is 0 Å². The number of anilines is 1. The van der Waals surface area contributed by atoms with E-state index in [9.17, 15) is 4.79 Å². The van der Waals surface area contributed by atoms with Gasteiger partial charge in [-0.15, -0.1) is 0 Å². The maximum Gasteiger partial charge on any atom is 0.338 e. The Labute approximate surface area is 159 Å². The number of hydrogen-bond acceptors (Lipinski definition) is 4. The predicted octanol–water partition coefficient (Wildman–Crippen LogP) is 3.28. The average molecular weight is 375 g/mol. The standard InChI is InChI=1S/C19H26N4O2S/c1-12(2)10-20-19(26)21-17-13(3)22-23(14(17)4)11-15-8-6-7-9-16(15)18(24)25-5/h6-9,12H,10-11H2,1-5H3,(H2,20,21,26). The van der Waals surface area contributed by atoms with E-state index in [2.05, 4.69) is 29.6 Å². The lowest BCUT2D eigenvalue weighted by molar-refractivity contribution is 0.0599. The molecule has 0 aliphatic carbocycles. The minimum Gasteiger partial charge on any atom is -0.465 e. The van der Waals surface area contributed by atoms with Crippen LogP contribution in [-0.4, -0.2) is 34.5 Å². The van der Waals surface area contributed by atoms with E-state index in [-0.39, 0.29) is 5.97 Å². The zero-order valence-corrected chi connectivity index (χ0v) is 16.7. The summed E-state index contributed by atoms with van der Waals surface area (Å²) in [4.78, 5) is 12.0. The first-order valence-electron chi connectivity index (χ1n) is 8.58. The van der Waals surface area contributed by atoms with Crippen LogP contribution in [0.25, 0.3) is 0 Å². The summed E-state index contributed by atoms with van der Waals surface area (Å²) in [5.41, 5.74) is 4.10. The van der Waals surface area contributed by atoms with Crippen molar-refractivity contribution in [3.05, 3.63) is 46.8 Å². The summed E-state index contributed by atoms with van der Waals surface area (Å²) in [5.74, 6) is 0.161. The first-order chi connectivity index (χ1) is 12.3. The molecule has 0 saturated heterocycles. The highest BCUT2D eigenvalue weighted by Gasteiger charge is 2.16. The van der Waals surface area contributed by atoms with Crippen molar-refractivity contribution < 1.29 is 9.53 Å². The number of rotatable bonds is 6. The Morgan fingerprint density at radius 1 is 1.31 bits per heavy atom. The van der Waals surface area contributed by atoms with Gasteiger partial charge in [-0.3, -0.25) is 4.68 Å². The molecule has 1 aromatic heterocycles. The molecule has 0 saturated carbocycles. The number of aromatic nitrogens is 2. The third-order valence-corrected chi connectivity index (χ3v) is 4.28. The van der Waals surface area contributed by atoms with Crippen LogP contribution < -0.4 is 10.6 Å². The Kier molecular flexibility index (Phi) is 6.74. The molecule has 0 radical (unpaired) electrons. The summed E-state index contributed by atoms with van der Waals surface area (Å²) in [6, 6.07) is 7.39. The molecule has 2 N–H and O–H groups in total. The van der Waals surface area contributed by atoms with Crippen molar-refractivity contribution in [2.45, 2.75) is 34.2 Å². The summed E-state index contributed by atoms with van der Waals surface area (Å²) in [6.45, 7) is 9.46. The second-order valence-electron chi connectivity index (χ2n) is 6.58. The van der Waals surface area contributed by atoms with Crippen LogP contribution in [0.3, 0.4) is 0 Å². The van der Waals surface area contributed by atoms with Crippen LogP contribution in [0.5, 0.6) is 0 Å². The molecule has 0 amide bonds. The molecular weight excluding hydrogens is 348 g/mol. The van der Waals surface area contributed by atoms with Crippen molar-refractivity contribution in [1.29, 1.82) is 0 Å². The highest BCUT2D eigenvalue weighted by molar-refractivity contribution is 7.80. The van der Waals surface area contributed by atoms with Gasteiger partial charge >= 0.3 is 5.97 Å². The third-order valence-electron chi connectivity index (χ3n) is 4.03. The van der Waals surface area contributed by atoms with Gasteiger partial charge in [-0.25, -0.2) is 4.79 Å². The minimum absolute atomic E-state index is 0.348. The first-order valence-corrected chi connectivity index (χ1v) is 8.99. The highest BCUT2D eigenvalue weighted by Crippen LogP contribution is 2.21. The van der Waals surface area contributed by atoms with Crippen LogP contribution in [0, 0.1) is 19.8 Å². The van der Waals surface area contributed by atoms with Crippen LogP contribution in [0.4, 0.5) is 5.69 Å². The molecule has 0 fully saturated rings. The third kappa shape index (κ3) is 4.82. The number of thiocarbonyl (C=S) groups is 1. The zero-order chi connectivity index (χ0) is 19.3. The van der Waals surface area contributed by atoms with Crippen molar-refractivity contribution >= 4 is 29.0 Å². The molecule has 1 heterocycles. The van der Waals surface area contributed by atoms with Crippen molar-refractivity contribution in [2.24, 2.45) is 5.92 Å². The second-order valence-corrected chi connectivity index (χ2v) is 6.99. The first kappa shape index (κ1) is 19.9. The number of hydrogen-bond donors (Lipinski definition) is 2. The number of nitrogens with one attached hydrogen (secondary N) is 2. The number of carbonyl (C=O) groups is 1. The molecular formula is C19H26N4O2S. The SMILES string of the molecule is COC(=O)c1ccccc1Cn1nc(C)c(NC(=S)NCC(C)C)c1C. The summed E-state index contributed by atoms with van der Waals surface area (Å²) in [6.07, 6.45) is 0. The van der Waals surface area contributed by atoms with Gasteiger partial charge in [0.2, 0.25) is 0 Å². The van der Waals surface area contributed by atoms with E-state index in [1.54, 1.807) is 6.07 Å². The van der Waals surface area contributed by atoms with E-state index in [0.29, 0.717) is 23.1 Å². The van der Waals surface area contributed by atoms with Crippen LogP contribution in [0.1, 0.15) is 41.2 Å². The number of ether oxygens (including phenoxy) is 1. The predicted molar refractivity (Wildman–Crippen MR) is 108 cm³/mol. The van der Waals surface area contributed by atoms with Gasteiger partial charge in [0.05, 0.1) is 36.3 Å². The summed E-state index contributed by atoms with van der Waals surface area (Å²) >= 11 is 5.36. The highest BCUT2D eigenvalue weighted by atomic mass is 32.1. The molecule has 0 spiro atoms. The number of nitrogens with zero attached hydrogens (tertiary/aromatic N) is 2. The molecule has 26 heavy (non-hydrogen) atoms. The fourth-order valence-corrected chi connectivity index (χ4v) is 2.80. The molecule has 140 valence electrons. The molecule has 0 aliphatic rings. The molecule has 6 nitrogen and oxygen atoms in total. The summed E-state index contributed by atoms with van der Waals surface area (Å²) < 4.78 is 6.73. The van der Waals surface area contributed by atoms with Gasteiger partial charge in [-0.2, -0.15) is 5.10 Å². The smallest absolute Gasteiger partial charge is 0.338 e. The van der Waals surface area contributed by atoms with Crippen molar-refractivity contribution in [3.8, 4) is 0 Å². The molecule has 0 bridgehead atoms. The zero-order valence-electron chi connectivity index (χ0n) is 15.9. The molecule has 2 rings (SSSR count). The van der Waals surface area contributed by atoms with Crippen LogP contribution >= 0.6 is 12.2 Å². The second kappa shape index (κ2) is 8.80. The minimum atomic E-state index is -0.348. The van der Waals surface area contributed by atoms with Crippen LogP contribution in [0.15, 0.2) is 24.3 Å². The van der Waals surface area contributed by atoms with E-state index in [1.807, 2.05) is 36.7 Å². The van der Waals surface area contributed by atoms with Gasteiger partial charge < -0.3 is 15.4 Å². The number of benzene rings is 1. The number of esters is 1. The number of aryl methyl sites for hydroxylation is 1. The summed E-state index contributed by atoms with van der Waals surface area (Å²) in [7, 11) is 1.38. The fraction of sp³-hybridized carbons (Fsp3) is 0.421. The van der Waals surface area contributed by atoms with Gasteiger partial charge in [0, 0.05) is 6.54 Å². The van der Waals surface area contributed by atoms with Gasteiger partial charge in [-0.1, -0.05) is 32.0 Å². The Morgan fingerprint density at radius 3 is 2.65 bits per heavy atom. The Balaban J connectivity index is 2.21. The number of methoxy groups -OCH3 is 1. The van der Waals surface area contributed by atoms with Crippen LogP contribution in [-0.2, 0) is 11.3 Å². The van der Waals surface area contributed by atoms with Gasteiger partial charge in [0.1, 0.15) is 0 Å². The van der Waals surface area contributed by atoms with E-state index in [1.165, 1.54) is 7.11 Å². The molecule has 7 heteroatoms. The maximum atomic E-state index is 12.0. The molecule has 2 aromatic rings. The van der Waals surface area contributed by atoms with Crippen molar-refractivity contribution in [3.63, 3.8) is 0 Å². The van der Waals surface area contributed by atoms with Crippen molar-refractivity contribution in [1.82, 2.24) is 15.1 Å². The molecule has 0 unspecified atom stereocenters. The monoisotopic (exact) mass is 374 g/mol. The molecule has 1 aromatic carbocycles. The molecule has 0 atom stereocenters. The van der Waals surface area contributed by atoms with E-state index >= 15 is 0 Å². The average Bonchev–Trinajstić information content (AvgIpc) is 2.87. The Bertz CT molecular complexity index is 799. The molecule has 0 aliphatic heterocycles. The van der Waals surface area contributed by atoms with E-state index in [4.69, 9.17) is 17.0 Å². The quantitative estimate of drug-likeness (QED) is 0.597. The normalized spacial score (nSPS) is 10.7. The Morgan fingerprint density at radius 2 is 2.00 bits per heavy atom.